The molecule has 2 atom stereocenters. The average molecular weight is 519 g/mol. The average Bonchev–Trinajstić information content (AvgIpc) is 3.47. The van der Waals surface area contributed by atoms with Crippen LogP contribution in [0.3, 0.4) is 0 Å². The number of carboxylic acid groups (broad SMARTS) is 1. The standard InChI is InChI=1S/C18H20N6O7S2.Na/c19-17-20-9(7-33-17)10(22-30)13(25)21-11-14(26)24-12(16(27)28)8(6-32-15(11)24)5-31-18(29)23-3-1-2-4-23;/h7,11,15,30H,1-6H2,(H2,19,20)(H,21,25)(H,27,28);/q;+1/p-1/b22-10-;. The van der Waals surface area contributed by atoms with Gasteiger partial charge >= 0.3 is 35.7 Å². The summed E-state index contributed by atoms with van der Waals surface area (Å²) in [6.07, 6.45) is 1.23. The summed E-state index contributed by atoms with van der Waals surface area (Å²) in [7, 11) is 0. The number of aromatic nitrogens is 1. The van der Waals surface area contributed by atoms with Gasteiger partial charge in [-0.25, -0.2) is 9.78 Å². The molecule has 16 heteroatoms. The summed E-state index contributed by atoms with van der Waals surface area (Å²) in [4.78, 5) is 55.6. The predicted octanol–water partition coefficient (Wildman–Crippen LogP) is -4.46. The van der Waals surface area contributed by atoms with Gasteiger partial charge in [0.2, 0.25) is 0 Å². The molecule has 2 unspecified atom stereocenters. The Morgan fingerprint density at radius 3 is 2.65 bits per heavy atom. The van der Waals surface area contributed by atoms with E-state index in [2.05, 4.69) is 15.5 Å². The van der Waals surface area contributed by atoms with Crippen LogP contribution in [0, 0.1) is 0 Å². The Kier molecular flexibility index (Phi) is 8.46. The third-order valence-corrected chi connectivity index (χ3v) is 7.35. The van der Waals surface area contributed by atoms with Crippen LogP contribution in [-0.2, 0) is 19.1 Å². The Labute approximate surface area is 223 Å². The molecular weight excluding hydrogens is 499 g/mol. The molecule has 1 aromatic heterocycles. The topological polar surface area (TPSA) is 191 Å². The van der Waals surface area contributed by atoms with Crippen LogP contribution in [0.15, 0.2) is 21.8 Å². The number of hydrogen-bond acceptors (Lipinski definition) is 12. The number of nitrogens with two attached hydrogens (primary N) is 1. The molecule has 4 rings (SSSR count). The predicted molar refractivity (Wildman–Crippen MR) is 114 cm³/mol. The van der Waals surface area contributed by atoms with Gasteiger partial charge in [0.1, 0.15) is 23.7 Å². The first-order chi connectivity index (χ1) is 15.8. The maximum absolute atomic E-state index is 12.7. The number of carbonyl (C=O) groups is 4. The summed E-state index contributed by atoms with van der Waals surface area (Å²) in [5, 5.41) is 27.2. The number of aliphatic carboxylic acids is 1. The van der Waals surface area contributed by atoms with E-state index in [-0.39, 0.29) is 64.0 Å². The number of nitrogens with zero attached hydrogens (tertiary/aromatic N) is 4. The van der Waals surface area contributed by atoms with E-state index in [1.165, 1.54) is 22.0 Å². The molecule has 0 aromatic carbocycles. The maximum Gasteiger partial charge on any atom is 1.00 e. The number of ether oxygens (including phenoxy) is 1. The number of nitrogen functional groups attached to an aromatic ring is 1. The number of oxime groups is 1. The smallest absolute Gasteiger partial charge is 0.543 e. The third kappa shape index (κ3) is 5.02. The van der Waals surface area contributed by atoms with Crippen LogP contribution in [0.5, 0.6) is 0 Å². The fraction of sp³-hybridized carbons (Fsp3) is 0.444. The maximum atomic E-state index is 12.7. The van der Waals surface area contributed by atoms with Gasteiger partial charge < -0.3 is 35.8 Å². The van der Waals surface area contributed by atoms with Gasteiger partial charge in [0.05, 0.1) is 11.7 Å². The van der Waals surface area contributed by atoms with E-state index >= 15 is 0 Å². The Balaban J connectivity index is 0.00000324. The van der Waals surface area contributed by atoms with E-state index < -0.39 is 41.0 Å². The van der Waals surface area contributed by atoms with E-state index in [0.29, 0.717) is 13.1 Å². The van der Waals surface area contributed by atoms with Crippen LogP contribution in [-0.4, -0.2) is 86.4 Å². The van der Waals surface area contributed by atoms with Crippen molar-refractivity contribution in [3.63, 3.8) is 0 Å². The van der Waals surface area contributed by atoms with Crippen molar-refractivity contribution >= 4 is 57.8 Å². The van der Waals surface area contributed by atoms with Gasteiger partial charge in [-0.3, -0.25) is 14.5 Å². The summed E-state index contributed by atoms with van der Waals surface area (Å²) >= 11 is 2.24. The van der Waals surface area contributed by atoms with E-state index in [1.807, 2.05) is 0 Å². The van der Waals surface area contributed by atoms with Crippen molar-refractivity contribution in [3.05, 3.63) is 22.3 Å². The Bertz CT molecular complexity index is 1070. The first-order valence-corrected chi connectivity index (χ1v) is 11.8. The fourth-order valence-electron chi connectivity index (χ4n) is 3.74. The van der Waals surface area contributed by atoms with Gasteiger partial charge in [0.15, 0.2) is 10.8 Å². The molecule has 0 bridgehead atoms. The number of nitrogens with one attached hydrogen (secondary N) is 1. The molecule has 0 radical (unpaired) electrons. The summed E-state index contributed by atoms with van der Waals surface area (Å²) in [5.41, 5.74) is 5.00. The van der Waals surface area contributed by atoms with E-state index in [1.54, 1.807) is 0 Å². The van der Waals surface area contributed by atoms with Gasteiger partial charge in [0.25, 0.3) is 11.8 Å². The summed E-state index contributed by atoms with van der Waals surface area (Å²) in [6, 6.07) is -1.06. The molecule has 13 nitrogen and oxygen atoms in total. The number of β-lactam (4-membered cyclic amide) rings is 1. The molecule has 34 heavy (non-hydrogen) atoms. The van der Waals surface area contributed by atoms with Crippen molar-refractivity contribution in [2.75, 3.05) is 31.2 Å². The van der Waals surface area contributed by atoms with Crippen LogP contribution < -0.4 is 45.7 Å². The minimum Gasteiger partial charge on any atom is -0.543 e. The number of thiazole rings is 1. The van der Waals surface area contributed by atoms with Crippen molar-refractivity contribution in [2.45, 2.75) is 24.3 Å². The molecule has 0 saturated carbocycles. The molecule has 0 aliphatic carbocycles. The van der Waals surface area contributed by atoms with Gasteiger partial charge in [-0.05, 0) is 12.8 Å². The molecule has 2 saturated heterocycles. The van der Waals surface area contributed by atoms with Crippen molar-refractivity contribution in [3.8, 4) is 0 Å². The molecule has 4 N–H and O–H groups in total. The van der Waals surface area contributed by atoms with Gasteiger partial charge in [0, 0.05) is 29.8 Å². The van der Waals surface area contributed by atoms with Crippen molar-refractivity contribution in [2.24, 2.45) is 5.16 Å². The van der Waals surface area contributed by atoms with E-state index in [9.17, 15) is 29.5 Å². The molecule has 0 spiro atoms. The molecule has 4 heterocycles. The second-order valence-electron chi connectivity index (χ2n) is 7.37. The summed E-state index contributed by atoms with van der Waals surface area (Å²) < 4.78 is 5.23. The molecular formula is C18H19N6NaO7S2. The minimum absolute atomic E-state index is 0. The fourth-order valence-corrected chi connectivity index (χ4v) is 5.62. The Morgan fingerprint density at radius 2 is 2.06 bits per heavy atom. The number of anilines is 1. The number of carbonyl (C=O) groups excluding carboxylic acids is 4. The van der Waals surface area contributed by atoms with Crippen molar-refractivity contribution in [1.82, 2.24) is 20.1 Å². The first kappa shape index (κ1) is 26.3. The zero-order valence-electron chi connectivity index (χ0n) is 18.1. The molecule has 176 valence electrons. The van der Waals surface area contributed by atoms with E-state index in [0.717, 1.165) is 29.1 Å². The van der Waals surface area contributed by atoms with Crippen LogP contribution >= 0.6 is 23.1 Å². The van der Waals surface area contributed by atoms with Crippen molar-refractivity contribution < 1.29 is 63.8 Å². The number of rotatable bonds is 6. The zero-order valence-corrected chi connectivity index (χ0v) is 21.7. The normalized spacial score (nSPS) is 22.0. The van der Waals surface area contributed by atoms with Gasteiger partial charge in [-0.15, -0.1) is 23.1 Å². The van der Waals surface area contributed by atoms with Gasteiger partial charge in [-0.1, -0.05) is 5.16 Å². The Morgan fingerprint density at radius 1 is 1.35 bits per heavy atom. The second kappa shape index (κ2) is 10.9. The SMILES string of the molecule is Nc1nc(/C(=N/O)C(=O)NC2C(=O)N3C(C(=O)[O-])=C(COC(=O)N4CCCC4)CSC23)cs1.[Na+]. The summed E-state index contributed by atoms with van der Waals surface area (Å²) in [6.45, 7) is 0.882. The van der Waals surface area contributed by atoms with Crippen LogP contribution in [0.25, 0.3) is 0 Å². The molecule has 3 amide bonds. The number of carboxylic acids is 1. The zero-order chi connectivity index (χ0) is 23.7. The largest absolute Gasteiger partial charge is 1.00 e. The number of likely N-dealkylation sites (tertiary alicyclic amines) is 1. The third-order valence-electron chi connectivity index (χ3n) is 5.34. The minimum atomic E-state index is -1.58. The first-order valence-electron chi connectivity index (χ1n) is 9.86. The summed E-state index contributed by atoms with van der Waals surface area (Å²) in [5.74, 6) is -2.98. The molecule has 2 fully saturated rings. The monoisotopic (exact) mass is 518 g/mol. The van der Waals surface area contributed by atoms with Gasteiger partial charge in [-0.2, -0.15) is 0 Å². The van der Waals surface area contributed by atoms with Crippen molar-refractivity contribution in [1.29, 1.82) is 0 Å². The molecule has 3 aliphatic heterocycles. The molecule has 1 aromatic rings. The number of thioether (sulfide) groups is 1. The Hall–Kier alpha value is -2.33. The number of fused-ring (bicyclic) bond motifs is 1. The number of hydrogen-bond donors (Lipinski definition) is 3. The van der Waals surface area contributed by atoms with Crippen LogP contribution in [0.2, 0.25) is 0 Å². The van der Waals surface area contributed by atoms with E-state index in [4.69, 9.17) is 10.5 Å². The van der Waals surface area contributed by atoms with Crippen LogP contribution in [0.1, 0.15) is 18.5 Å². The number of amides is 3. The second-order valence-corrected chi connectivity index (χ2v) is 9.36. The quantitative estimate of drug-likeness (QED) is 0.109. The van der Waals surface area contributed by atoms with Crippen LogP contribution in [0.4, 0.5) is 9.93 Å². The molecule has 3 aliphatic rings.